The van der Waals surface area contributed by atoms with E-state index >= 15 is 0 Å². The fraction of sp³-hybridized carbons (Fsp3) is 0.320. The molecule has 1 amide bonds. The number of hydrogen-bond acceptors (Lipinski definition) is 5. The number of imidazole rings is 1. The molecule has 5 rings (SSSR count). The lowest BCUT2D eigenvalue weighted by Crippen LogP contribution is -2.36. The van der Waals surface area contributed by atoms with Crippen molar-refractivity contribution in [1.29, 1.82) is 0 Å². The fourth-order valence-electron chi connectivity index (χ4n) is 4.26. The number of hydrogen-bond donors (Lipinski definition) is 1. The van der Waals surface area contributed by atoms with Crippen LogP contribution < -0.4 is 3.07 Å². The van der Waals surface area contributed by atoms with Gasteiger partial charge in [-0.25, -0.2) is 9.78 Å². The minimum Gasteiger partial charge on any atom is -0.444 e. The van der Waals surface area contributed by atoms with Crippen molar-refractivity contribution >= 4 is 50.9 Å². The van der Waals surface area contributed by atoms with Gasteiger partial charge in [0, 0.05) is 23.7 Å². The van der Waals surface area contributed by atoms with Gasteiger partial charge in [-0.1, -0.05) is 12.1 Å². The van der Waals surface area contributed by atoms with Gasteiger partial charge in [0.15, 0.2) is 23.0 Å². The second-order valence-electron chi connectivity index (χ2n) is 9.34. The summed E-state index contributed by atoms with van der Waals surface area (Å²) in [5.41, 5.74) is 3.16. The van der Waals surface area contributed by atoms with Crippen LogP contribution in [0, 0.1) is 0 Å². The van der Waals surface area contributed by atoms with E-state index in [1.165, 1.54) is 0 Å². The molecule has 7 nitrogen and oxygen atoms in total. The Bertz CT molecular complexity index is 1340. The van der Waals surface area contributed by atoms with E-state index in [2.05, 4.69) is 22.1 Å². The molecular formula is C25H25IN4O3. The number of ether oxygens (including phenoxy) is 1. The summed E-state index contributed by atoms with van der Waals surface area (Å²) in [6.45, 7) is 6.33. The van der Waals surface area contributed by atoms with Crippen molar-refractivity contribution in [3.05, 3.63) is 54.5 Å². The van der Waals surface area contributed by atoms with E-state index in [0.29, 0.717) is 6.54 Å². The molecule has 1 atom stereocenters. The first kappa shape index (κ1) is 21.9. The number of nitrogens with one attached hydrogen (secondary N) is 1. The summed E-state index contributed by atoms with van der Waals surface area (Å²) < 4.78 is 10.9. The van der Waals surface area contributed by atoms with E-state index in [1.54, 1.807) is 4.90 Å². The molecule has 0 radical (unpaired) electrons. The minimum absolute atomic E-state index is 0.108. The molecule has 0 bridgehead atoms. The lowest BCUT2D eigenvalue weighted by atomic mass is 10.1. The van der Waals surface area contributed by atoms with Crippen molar-refractivity contribution in [3.63, 3.8) is 0 Å². The quantitative estimate of drug-likeness (QED) is 0.289. The van der Waals surface area contributed by atoms with Gasteiger partial charge in [0.2, 0.25) is 0 Å². The molecule has 1 saturated heterocycles. The SMILES string of the molecule is CC(C)(C)OC(=O)N1CCCC1c1nc2ccc(-c3cc4ccc(OI)cc4cn3)cc2[nH]1. The lowest BCUT2D eigenvalue weighted by molar-refractivity contribution is 0.0219. The number of halogens is 1. The second kappa shape index (κ2) is 8.48. The Kier molecular flexibility index (Phi) is 5.64. The summed E-state index contributed by atoms with van der Waals surface area (Å²) in [6, 6.07) is 14.0. The number of likely N-dealkylation sites (tertiary alicyclic amines) is 1. The normalized spacial score (nSPS) is 16.5. The maximum Gasteiger partial charge on any atom is 0.410 e. The number of nitrogens with zero attached hydrogens (tertiary/aromatic N) is 3. The Morgan fingerprint density at radius 3 is 2.79 bits per heavy atom. The number of benzene rings is 2. The maximum atomic E-state index is 12.7. The van der Waals surface area contributed by atoms with Crippen molar-refractivity contribution in [2.75, 3.05) is 6.54 Å². The number of fused-ring (bicyclic) bond motifs is 2. The Labute approximate surface area is 206 Å². The smallest absolute Gasteiger partial charge is 0.410 e. The van der Waals surface area contributed by atoms with E-state index in [4.69, 9.17) is 12.8 Å². The van der Waals surface area contributed by atoms with Crippen LogP contribution >= 0.6 is 23.0 Å². The molecule has 1 aliphatic heterocycles. The van der Waals surface area contributed by atoms with Crippen LogP contribution in [0.4, 0.5) is 4.79 Å². The Hall–Kier alpha value is -2.88. The molecule has 33 heavy (non-hydrogen) atoms. The summed E-state index contributed by atoms with van der Waals surface area (Å²) >= 11 is 1.88. The zero-order valence-electron chi connectivity index (χ0n) is 18.8. The number of carbonyl (C=O) groups excluding carboxylic acids is 1. The zero-order chi connectivity index (χ0) is 23.2. The van der Waals surface area contributed by atoms with Crippen molar-refractivity contribution < 1.29 is 12.6 Å². The topological polar surface area (TPSA) is 80.3 Å². The number of aromatic amines is 1. The van der Waals surface area contributed by atoms with Gasteiger partial charge in [0.1, 0.15) is 17.2 Å². The number of rotatable bonds is 3. The molecule has 8 heteroatoms. The van der Waals surface area contributed by atoms with Gasteiger partial charge in [0.05, 0.1) is 22.8 Å². The molecule has 0 aliphatic carbocycles. The molecule has 2 aromatic carbocycles. The first-order valence-electron chi connectivity index (χ1n) is 11.0. The molecule has 3 heterocycles. The van der Waals surface area contributed by atoms with E-state index in [9.17, 15) is 4.79 Å². The van der Waals surface area contributed by atoms with Gasteiger partial charge in [0.25, 0.3) is 0 Å². The van der Waals surface area contributed by atoms with Gasteiger partial charge >= 0.3 is 6.09 Å². The highest BCUT2D eigenvalue weighted by Crippen LogP contribution is 2.34. The molecular weight excluding hydrogens is 531 g/mol. The predicted molar refractivity (Wildman–Crippen MR) is 136 cm³/mol. The van der Waals surface area contributed by atoms with Crippen LogP contribution in [0.15, 0.2) is 48.7 Å². The summed E-state index contributed by atoms with van der Waals surface area (Å²) in [4.78, 5) is 27.4. The Morgan fingerprint density at radius 1 is 1.15 bits per heavy atom. The molecule has 0 saturated carbocycles. The van der Waals surface area contributed by atoms with Crippen LogP contribution in [-0.4, -0.2) is 38.1 Å². The average Bonchev–Trinajstić information content (AvgIpc) is 3.43. The Morgan fingerprint density at radius 2 is 2.00 bits per heavy atom. The summed E-state index contributed by atoms with van der Waals surface area (Å²) in [5, 5.41) is 2.13. The highest BCUT2D eigenvalue weighted by atomic mass is 127. The van der Waals surface area contributed by atoms with Crippen molar-refractivity contribution in [3.8, 4) is 17.0 Å². The van der Waals surface area contributed by atoms with Gasteiger partial charge < -0.3 is 12.8 Å². The summed E-state index contributed by atoms with van der Waals surface area (Å²) in [7, 11) is 0. The molecule has 2 aromatic heterocycles. The number of amides is 1. The molecule has 1 N–H and O–H groups in total. The van der Waals surface area contributed by atoms with Crippen LogP contribution in [0.3, 0.4) is 0 Å². The van der Waals surface area contributed by atoms with Gasteiger partial charge in [-0.15, -0.1) is 0 Å². The van der Waals surface area contributed by atoms with E-state index in [0.717, 1.165) is 57.5 Å². The molecule has 1 unspecified atom stereocenters. The van der Waals surface area contributed by atoms with E-state index in [-0.39, 0.29) is 12.1 Å². The predicted octanol–water partition coefficient (Wildman–Crippen LogP) is 6.58. The largest absolute Gasteiger partial charge is 0.444 e. The number of aromatic nitrogens is 3. The van der Waals surface area contributed by atoms with Crippen LogP contribution in [0.2, 0.25) is 0 Å². The van der Waals surface area contributed by atoms with E-state index < -0.39 is 5.60 Å². The summed E-state index contributed by atoms with van der Waals surface area (Å²) in [5.74, 6) is 1.60. The first-order chi connectivity index (χ1) is 15.8. The van der Waals surface area contributed by atoms with Gasteiger partial charge in [-0.3, -0.25) is 9.88 Å². The fourth-order valence-corrected chi connectivity index (χ4v) is 4.54. The third-order valence-electron chi connectivity index (χ3n) is 5.77. The van der Waals surface area contributed by atoms with Crippen LogP contribution in [-0.2, 0) is 4.74 Å². The molecule has 4 aromatic rings. The molecule has 1 fully saturated rings. The van der Waals surface area contributed by atoms with Crippen LogP contribution in [0.5, 0.6) is 5.75 Å². The molecule has 1 aliphatic rings. The maximum absolute atomic E-state index is 12.7. The Balaban J connectivity index is 1.44. The number of H-pyrrole nitrogens is 1. The van der Waals surface area contributed by atoms with E-state index in [1.807, 2.05) is 80.3 Å². The standard InChI is InChI=1S/C25H25IN4O3/c1-25(2,3)32-24(31)30-10-4-5-22(30)23-28-19-9-7-16(13-21(19)29-23)20-12-15-6-8-18(33-26)11-17(15)14-27-20/h6-9,11-14,22H,4-5,10H2,1-3H3,(H,28,29). The van der Waals surface area contributed by atoms with Crippen molar-refractivity contribution in [1.82, 2.24) is 19.9 Å². The number of carbonyl (C=O) groups is 1. The molecule has 170 valence electrons. The van der Waals surface area contributed by atoms with Crippen molar-refractivity contribution in [2.24, 2.45) is 0 Å². The number of pyridine rings is 1. The van der Waals surface area contributed by atoms with Crippen molar-refractivity contribution in [2.45, 2.75) is 45.3 Å². The van der Waals surface area contributed by atoms with Crippen LogP contribution in [0.25, 0.3) is 33.1 Å². The highest BCUT2D eigenvalue weighted by Gasteiger charge is 2.34. The van der Waals surface area contributed by atoms with Gasteiger partial charge in [-0.2, -0.15) is 0 Å². The first-order valence-corrected chi connectivity index (χ1v) is 11.9. The van der Waals surface area contributed by atoms with Crippen LogP contribution in [0.1, 0.15) is 45.5 Å². The summed E-state index contributed by atoms with van der Waals surface area (Å²) in [6.07, 6.45) is 3.37. The highest BCUT2D eigenvalue weighted by molar-refractivity contribution is 14.1. The monoisotopic (exact) mass is 556 g/mol. The minimum atomic E-state index is -0.523. The zero-order valence-corrected chi connectivity index (χ0v) is 20.9. The third kappa shape index (κ3) is 4.48. The average molecular weight is 556 g/mol. The van der Waals surface area contributed by atoms with Gasteiger partial charge in [-0.05, 0) is 69.3 Å². The lowest BCUT2D eigenvalue weighted by Gasteiger charge is -2.27. The molecule has 0 spiro atoms. The third-order valence-corrected chi connectivity index (χ3v) is 6.28. The second-order valence-corrected chi connectivity index (χ2v) is 9.78.